The summed E-state index contributed by atoms with van der Waals surface area (Å²) in [5.74, 6) is -0.501. The molecule has 1 aliphatic heterocycles. The highest BCUT2D eigenvalue weighted by atomic mass is 28.2. The molecular weight excluding hydrogens is 210 g/mol. The number of amides is 2. The summed E-state index contributed by atoms with van der Waals surface area (Å²) in [6.07, 6.45) is 0. The lowest BCUT2D eigenvalue weighted by molar-refractivity contribution is 0.0633. The van der Waals surface area contributed by atoms with Crippen LogP contribution in [0.1, 0.15) is 20.7 Å². The van der Waals surface area contributed by atoms with Gasteiger partial charge in [0.25, 0.3) is 11.8 Å². The number of carbonyl (C=O) groups is 2. The van der Waals surface area contributed by atoms with E-state index in [0.717, 1.165) is 0 Å². The van der Waals surface area contributed by atoms with E-state index in [1.165, 1.54) is 4.90 Å². The number of hydrogen-bond donors (Lipinski definition) is 0. The first-order valence-electron chi connectivity index (χ1n) is 4.49. The summed E-state index contributed by atoms with van der Waals surface area (Å²) < 4.78 is 4.66. The molecule has 0 bridgehead atoms. The SMILES string of the molecule is O=C1c2ccccc2C(=O)N1CCO[Si]. The minimum absolute atomic E-state index is 0.251. The normalized spacial score (nSPS) is 14.6. The first-order valence-corrected chi connectivity index (χ1v) is 4.90. The third-order valence-corrected chi connectivity index (χ3v) is 2.50. The van der Waals surface area contributed by atoms with Crippen LogP contribution in [0.15, 0.2) is 24.3 Å². The van der Waals surface area contributed by atoms with Crippen molar-refractivity contribution < 1.29 is 14.0 Å². The molecule has 1 aromatic rings. The van der Waals surface area contributed by atoms with Crippen molar-refractivity contribution >= 4 is 22.3 Å². The Labute approximate surface area is 90.4 Å². The van der Waals surface area contributed by atoms with Crippen LogP contribution in [0.3, 0.4) is 0 Å². The third kappa shape index (κ3) is 1.60. The molecule has 1 aliphatic rings. The van der Waals surface area contributed by atoms with E-state index in [0.29, 0.717) is 11.1 Å². The van der Waals surface area contributed by atoms with Crippen molar-refractivity contribution in [3.05, 3.63) is 35.4 Å². The molecule has 0 aromatic heterocycles. The summed E-state index contributed by atoms with van der Waals surface area (Å²) >= 11 is 0. The second-order valence-electron chi connectivity index (χ2n) is 3.16. The minimum Gasteiger partial charge on any atom is -0.417 e. The molecule has 0 spiro atoms. The van der Waals surface area contributed by atoms with Crippen molar-refractivity contribution in [3.63, 3.8) is 0 Å². The van der Waals surface area contributed by atoms with E-state index in [2.05, 4.69) is 14.9 Å². The number of rotatable bonds is 3. The van der Waals surface area contributed by atoms with Crippen LogP contribution in [-0.2, 0) is 4.43 Å². The van der Waals surface area contributed by atoms with Gasteiger partial charge in [0.1, 0.15) is 0 Å². The highest BCUT2D eigenvalue weighted by molar-refractivity contribution is 6.21. The van der Waals surface area contributed by atoms with Crippen LogP contribution in [0.5, 0.6) is 0 Å². The quantitative estimate of drug-likeness (QED) is 0.544. The molecule has 0 N–H and O–H groups in total. The van der Waals surface area contributed by atoms with E-state index < -0.39 is 0 Å². The van der Waals surface area contributed by atoms with Gasteiger partial charge in [-0.2, -0.15) is 0 Å². The Hall–Kier alpha value is -1.46. The number of hydrogen-bond acceptors (Lipinski definition) is 3. The van der Waals surface area contributed by atoms with Gasteiger partial charge in [-0.1, -0.05) is 12.1 Å². The molecule has 2 rings (SSSR count). The Bertz CT molecular complexity index is 384. The fraction of sp³-hybridized carbons (Fsp3) is 0.200. The number of imide groups is 1. The molecule has 1 heterocycles. The van der Waals surface area contributed by atoms with Crippen molar-refractivity contribution in [2.75, 3.05) is 13.2 Å². The predicted octanol–water partition coefficient (Wildman–Crippen LogP) is 0.383. The van der Waals surface area contributed by atoms with Gasteiger partial charge < -0.3 is 4.43 Å². The zero-order valence-electron chi connectivity index (χ0n) is 7.90. The van der Waals surface area contributed by atoms with E-state index in [9.17, 15) is 9.59 Å². The topological polar surface area (TPSA) is 46.6 Å². The predicted molar refractivity (Wildman–Crippen MR) is 53.5 cm³/mol. The Balaban J connectivity index is 2.29. The molecule has 0 unspecified atom stereocenters. The van der Waals surface area contributed by atoms with Crippen LogP contribution in [-0.4, -0.2) is 40.4 Å². The number of nitrogens with zero attached hydrogens (tertiary/aromatic N) is 1. The minimum atomic E-state index is -0.251. The maximum absolute atomic E-state index is 11.7. The highest BCUT2D eigenvalue weighted by Gasteiger charge is 2.34. The van der Waals surface area contributed by atoms with E-state index in [-0.39, 0.29) is 25.0 Å². The molecule has 3 radical (unpaired) electrons. The molecule has 75 valence electrons. The molecule has 5 heteroatoms. The first-order chi connectivity index (χ1) is 7.25. The van der Waals surface area contributed by atoms with Crippen molar-refractivity contribution in [2.24, 2.45) is 0 Å². The van der Waals surface area contributed by atoms with E-state index in [1.54, 1.807) is 24.3 Å². The fourth-order valence-electron chi connectivity index (χ4n) is 1.58. The third-order valence-electron chi connectivity index (χ3n) is 2.30. The molecule has 0 atom stereocenters. The van der Waals surface area contributed by atoms with Crippen LogP contribution in [0.4, 0.5) is 0 Å². The van der Waals surface area contributed by atoms with Gasteiger partial charge in [0.15, 0.2) is 0 Å². The zero-order chi connectivity index (χ0) is 10.8. The molecule has 15 heavy (non-hydrogen) atoms. The largest absolute Gasteiger partial charge is 0.417 e. The fourth-order valence-corrected chi connectivity index (χ4v) is 1.67. The molecular formula is C10H8NO3Si. The van der Waals surface area contributed by atoms with Crippen LogP contribution < -0.4 is 0 Å². The molecule has 0 fully saturated rings. The number of fused-ring (bicyclic) bond motifs is 1. The van der Waals surface area contributed by atoms with Gasteiger partial charge in [-0.15, -0.1) is 0 Å². The van der Waals surface area contributed by atoms with E-state index in [4.69, 9.17) is 0 Å². The summed E-state index contributed by atoms with van der Waals surface area (Å²) in [6, 6.07) is 6.80. The highest BCUT2D eigenvalue weighted by Crippen LogP contribution is 2.21. The van der Waals surface area contributed by atoms with Crippen molar-refractivity contribution in [1.29, 1.82) is 0 Å². The molecule has 0 aliphatic carbocycles. The molecule has 2 amide bonds. The Morgan fingerprint density at radius 2 is 1.67 bits per heavy atom. The Morgan fingerprint density at radius 3 is 2.13 bits per heavy atom. The summed E-state index contributed by atoms with van der Waals surface area (Å²) in [7, 11) is 2.83. The second-order valence-corrected chi connectivity index (χ2v) is 3.44. The standard InChI is InChI=1S/C10H8NO3Si/c12-9-7-3-1-2-4-8(7)10(13)11(9)5-6-14-15/h1-4H,5-6H2. The maximum atomic E-state index is 11.7. The van der Waals surface area contributed by atoms with Gasteiger partial charge in [0.05, 0.1) is 24.3 Å². The van der Waals surface area contributed by atoms with Crippen molar-refractivity contribution in [1.82, 2.24) is 4.90 Å². The van der Waals surface area contributed by atoms with Crippen LogP contribution in [0, 0.1) is 0 Å². The summed E-state index contributed by atoms with van der Waals surface area (Å²) in [5.41, 5.74) is 0.938. The van der Waals surface area contributed by atoms with Gasteiger partial charge in [-0.3, -0.25) is 14.5 Å². The van der Waals surface area contributed by atoms with Gasteiger partial charge >= 0.3 is 0 Å². The average Bonchev–Trinajstić information content (AvgIpc) is 2.51. The summed E-state index contributed by atoms with van der Waals surface area (Å²) in [4.78, 5) is 24.7. The molecule has 4 nitrogen and oxygen atoms in total. The average molecular weight is 218 g/mol. The van der Waals surface area contributed by atoms with Crippen molar-refractivity contribution in [2.45, 2.75) is 0 Å². The van der Waals surface area contributed by atoms with Crippen LogP contribution in [0.25, 0.3) is 0 Å². The molecule has 1 aromatic carbocycles. The van der Waals surface area contributed by atoms with Gasteiger partial charge in [-0.05, 0) is 12.1 Å². The molecule has 0 saturated carbocycles. The van der Waals surface area contributed by atoms with E-state index >= 15 is 0 Å². The van der Waals surface area contributed by atoms with E-state index in [1.807, 2.05) is 0 Å². The first kappa shape index (κ1) is 10.1. The number of benzene rings is 1. The van der Waals surface area contributed by atoms with Crippen LogP contribution >= 0.6 is 0 Å². The summed E-state index contributed by atoms with van der Waals surface area (Å²) in [6.45, 7) is 0.540. The smallest absolute Gasteiger partial charge is 0.261 e. The molecule has 0 saturated heterocycles. The van der Waals surface area contributed by atoms with Gasteiger partial charge in [0, 0.05) is 0 Å². The maximum Gasteiger partial charge on any atom is 0.261 e. The zero-order valence-corrected chi connectivity index (χ0v) is 8.90. The Morgan fingerprint density at radius 1 is 1.13 bits per heavy atom. The lowest BCUT2D eigenvalue weighted by Gasteiger charge is -2.12. The lowest BCUT2D eigenvalue weighted by atomic mass is 10.1. The lowest BCUT2D eigenvalue weighted by Crippen LogP contribution is -2.32. The van der Waals surface area contributed by atoms with Gasteiger partial charge in [0.2, 0.25) is 10.5 Å². The monoisotopic (exact) mass is 218 g/mol. The van der Waals surface area contributed by atoms with Gasteiger partial charge in [-0.25, -0.2) is 0 Å². The Kier molecular flexibility index (Phi) is 2.66. The van der Waals surface area contributed by atoms with Crippen LogP contribution in [0.2, 0.25) is 0 Å². The second kappa shape index (κ2) is 3.96. The number of carbonyl (C=O) groups excluding carboxylic acids is 2. The summed E-state index contributed by atoms with van der Waals surface area (Å²) in [5, 5.41) is 0. The van der Waals surface area contributed by atoms with Crippen molar-refractivity contribution in [3.8, 4) is 0 Å².